The van der Waals surface area contributed by atoms with Gasteiger partial charge in [-0.1, -0.05) is 12.1 Å². The first-order valence-electron chi connectivity index (χ1n) is 7.69. The maximum atomic E-state index is 12.2. The normalized spacial score (nSPS) is 17.6. The molecule has 7 nitrogen and oxygen atoms in total. The van der Waals surface area contributed by atoms with Gasteiger partial charge in [0.05, 0.1) is 10.6 Å². The lowest BCUT2D eigenvalue weighted by molar-refractivity contribution is -0.384. The van der Waals surface area contributed by atoms with Crippen LogP contribution in [0, 0.1) is 17.0 Å². The van der Waals surface area contributed by atoms with Crippen molar-refractivity contribution in [2.45, 2.75) is 18.6 Å². The van der Waals surface area contributed by atoms with E-state index in [2.05, 4.69) is 4.99 Å². The fourth-order valence-electron chi connectivity index (χ4n) is 2.77. The first-order valence-corrected chi connectivity index (χ1v) is 8.74. The molecule has 0 bridgehead atoms. The van der Waals surface area contributed by atoms with Gasteiger partial charge in [-0.25, -0.2) is 4.79 Å². The predicted molar refractivity (Wildman–Crippen MR) is 95.7 cm³/mol. The van der Waals surface area contributed by atoms with Gasteiger partial charge in [0.15, 0.2) is 0 Å². The Balaban J connectivity index is 1.97. The maximum absolute atomic E-state index is 12.2. The van der Waals surface area contributed by atoms with Crippen LogP contribution in [-0.4, -0.2) is 28.0 Å². The van der Waals surface area contributed by atoms with Crippen molar-refractivity contribution in [3.63, 3.8) is 0 Å². The third-order valence-corrected chi connectivity index (χ3v) is 5.15. The fraction of sp³-hybridized carbons (Fsp3) is 0.294. The Hall–Kier alpha value is -2.61. The monoisotopic (exact) mass is 360 g/mol. The largest absolute Gasteiger partial charge is 0.507 e. The number of nitro groups is 1. The standard InChI is InChI=1S/C17H16N2O5S/c1-10-7-14(20)16(17(21)24-10)13-9-15(25-6-5-18-13)11-3-2-4-12(8-11)19(22)23/h2-4,7-8,15,20H,5-6,9H2,1H3. The van der Waals surface area contributed by atoms with E-state index in [0.29, 0.717) is 24.4 Å². The number of nitro benzene ring substituents is 1. The molecule has 3 rings (SSSR count). The molecule has 130 valence electrons. The van der Waals surface area contributed by atoms with E-state index in [1.165, 1.54) is 18.2 Å². The molecule has 1 aliphatic rings. The maximum Gasteiger partial charge on any atom is 0.348 e. The highest BCUT2D eigenvalue weighted by molar-refractivity contribution is 7.99. The van der Waals surface area contributed by atoms with Gasteiger partial charge in [-0.3, -0.25) is 15.1 Å². The number of nitrogens with zero attached hydrogens (tertiary/aromatic N) is 2. The number of aryl methyl sites for hydroxylation is 1. The van der Waals surface area contributed by atoms with Gasteiger partial charge >= 0.3 is 5.63 Å². The molecule has 1 N–H and O–H groups in total. The topological polar surface area (TPSA) is 106 Å². The van der Waals surface area contributed by atoms with Gasteiger partial charge in [0.25, 0.3) is 5.69 Å². The van der Waals surface area contributed by atoms with Crippen LogP contribution < -0.4 is 5.63 Å². The van der Waals surface area contributed by atoms with E-state index < -0.39 is 10.5 Å². The van der Waals surface area contributed by atoms with Crippen LogP contribution in [0.1, 0.15) is 28.6 Å². The van der Waals surface area contributed by atoms with Crippen molar-refractivity contribution in [2.75, 3.05) is 12.3 Å². The molecule has 1 unspecified atom stereocenters. The van der Waals surface area contributed by atoms with Crippen molar-refractivity contribution in [3.05, 3.63) is 67.8 Å². The number of hydrogen-bond acceptors (Lipinski definition) is 7. The summed E-state index contributed by atoms with van der Waals surface area (Å²) in [4.78, 5) is 27.1. The van der Waals surface area contributed by atoms with Crippen LogP contribution in [-0.2, 0) is 0 Å². The Bertz CT molecular complexity index is 906. The number of hydrogen-bond donors (Lipinski definition) is 1. The van der Waals surface area contributed by atoms with Gasteiger partial charge < -0.3 is 9.52 Å². The van der Waals surface area contributed by atoms with Crippen LogP contribution in [0.15, 0.2) is 44.5 Å². The molecule has 1 aliphatic heterocycles. The van der Waals surface area contributed by atoms with E-state index in [0.717, 1.165) is 11.3 Å². The SMILES string of the molecule is Cc1cc(O)c(C2=NCCSC(c3cccc([N+](=O)[O-])c3)C2)c(=O)o1. The summed E-state index contributed by atoms with van der Waals surface area (Å²) >= 11 is 1.62. The molecular formula is C17H16N2O5S. The molecule has 0 saturated heterocycles. The molecule has 0 aliphatic carbocycles. The molecule has 2 aromatic rings. The molecule has 2 heterocycles. The molecule has 1 aromatic heterocycles. The van der Waals surface area contributed by atoms with E-state index >= 15 is 0 Å². The molecule has 1 atom stereocenters. The predicted octanol–water partition coefficient (Wildman–Crippen LogP) is 3.23. The lowest BCUT2D eigenvalue weighted by Gasteiger charge is -2.15. The summed E-state index contributed by atoms with van der Waals surface area (Å²) in [7, 11) is 0. The molecule has 0 amide bonds. The van der Waals surface area contributed by atoms with Gasteiger partial charge in [0.1, 0.15) is 17.1 Å². The second-order valence-electron chi connectivity index (χ2n) is 5.65. The second kappa shape index (κ2) is 7.10. The lowest BCUT2D eigenvalue weighted by Crippen LogP contribution is -2.17. The minimum Gasteiger partial charge on any atom is -0.507 e. The highest BCUT2D eigenvalue weighted by Crippen LogP contribution is 2.37. The van der Waals surface area contributed by atoms with Gasteiger partial charge in [0.2, 0.25) is 0 Å². The molecule has 0 saturated carbocycles. The summed E-state index contributed by atoms with van der Waals surface area (Å²) in [6, 6.07) is 7.84. The molecule has 0 radical (unpaired) electrons. The zero-order chi connectivity index (χ0) is 18.0. The third kappa shape index (κ3) is 3.74. The zero-order valence-electron chi connectivity index (χ0n) is 13.5. The van der Waals surface area contributed by atoms with E-state index in [1.54, 1.807) is 24.8 Å². The molecule has 1 aromatic carbocycles. The molecule has 0 fully saturated rings. The van der Waals surface area contributed by atoms with Gasteiger partial charge in [-0.05, 0) is 12.5 Å². The van der Waals surface area contributed by atoms with Crippen LogP contribution in [0.25, 0.3) is 0 Å². The van der Waals surface area contributed by atoms with Crippen molar-refractivity contribution < 1.29 is 14.4 Å². The van der Waals surface area contributed by atoms with Crippen LogP contribution >= 0.6 is 11.8 Å². The minimum absolute atomic E-state index is 0.0264. The van der Waals surface area contributed by atoms with Crippen molar-refractivity contribution in [3.8, 4) is 5.75 Å². The number of benzene rings is 1. The number of thioether (sulfide) groups is 1. The van der Waals surface area contributed by atoms with E-state index in [4.69, 9.17) is 4.42 Å². The molecule has 0 spiro atoms. The van der Waals surface area contributed by atoms with E-state index in [-0.39, 0.29) is 22.3 Å². The highest BCUT2D eigenvalue weighted by Gasteiger charge is 2.24. The van der Waals surface area contributed by atoms with Gasteiger partial charge in [-0.2, -0.15) is 11.8 Å². The van der Waals surface area contributed by atoms with E-state index in [1.807, 2.05) is 6.07 Å². The van der Waals surface area contributed by atoms with Crippen LogP contribution in [0.5, 0.6) is 5.75 Å². The minimum atomic E-state index is -0.624. The summed E-state index contributed by atoms with van der Waals surface area (Å²) in [5.74, 6) is 0.886. The Morgan fingerprint density at radius 2 is 2.20 bits per heavy atom. The first-order chi connectivity index (χ1) is 12.0. The highest BCUT2D eigenvalue weighted by atomic mass is 32.2. The summed E-state index contributed by atoms with van der Waals surface area (Å²) < 4.78 is 5.08. The summed E-state index contributed by atoms with van der Waals surface area (Å²) in [6.45, 7) is 2.08. The Morgan fingerprint density at radius 1 is 1.40 bits per heavy atom. The fourth-order valence-corrected chi connectivity index (χ4v) is 3.87. The summed E-state index contributed by atoms with van der Waals surface area (Å²) in [5, 5.41) is 21.1. The van der Waals surface area contributed by atoms with Crippen molar-refractivity contribution in [2.24, 2.45) is 4.99 Å². The lowest BCUT2D eigenvalue weighted by atomic mass is 10.0. The van der Waals surface area contributed by atoms with Crippen LogP contribution in [0.3, 0.4) is 0 Å². The quantitative estimate of drug-likeness (QED) is 0.665. The van der Waals surface area contributed by atoms with Crippen molar-refractivity contribution in [1.82, 2.24) is 0 Å². The van der Waals surface area contributed by atoms with Crippen molar-refractivity contribution >= 4 is 23.2 Å². The first kappa shape index (κ1) is 17.2. The second-order valence-corrected chi connectivity index (χ2v) is 6.96. The summed E-state index contributed by atoms with van der Waals surface area (Å²) in [5.41, 5.74) is 0.737. The third-order valence-electron chi connectivity index (χ3n) is 3.89. The van der Waals surface area contributed by atoms with E-state index in [9.17, 15) is 20.0 Å². The number of aromatic hydroxyl groups is 1. The molecular weight excluding hydrogens is 344 g/mol. The average Bonchev–Trinajstić information content (AvgIpc) is 2.80. The van der Waals surface area contributed by atoms with Crippen LogP contribution in [0.2, 0.25) is 0 Å². The van der Waals surface area contributed by atoms with Crippen molar-refractivity contribution in [1.29, 1.82) is 0 Å². The average molecular weight is 360 g/mol. The molecule has 8 heteroatoms. The number of aliphatic imine (C=N–C) groups is 1. The van der Waals surface area contributed by atoms with Crippen LogP contribution in [0.4, 0.5) is 5.69 Å². The van der Waals surface area contributed by atoms with Gasteiger partial charge in [-0.15, -0.1) is 0 Å². The Labute approximate surface area is 147 Å². The number of non-ortho nitro benzene ring substituents is 1. The Morgan fingerprint density at radius 3 is 2.92 bits per heavy atom. The number of rotatable bonds is 3. The Kier molecular flexibility index (Phi) is 4.89. The molecule has 25 heavy (non-hydrogen) atoms. The van der Waals surface area contributed by atoms with Gasteiger partial charge in [0, 0.05) is 42.2 Å². The smallest absolute Gasteiger partial charge is 0.348 e. The zero-order valence-corrected chi connectivity index (χ0v) is 14.3. The summed E-state index contributed by atoms with van der Waals surface area (Å²) in [6.07, 6.45) is 0.382.